The minimum Gasteiger partial charge on any atom is -0.369 e. The second-order valence-corrected chi connectivity index (χ2v) is 8.18. The predicted molar refractivity (Wildman–Crippen MR) is 111 cm³/mol. The van der Waals surface area contributed by atoms with E-state index in [0.717, 1.165) is 42.0 Å². The maximum absolute atomic E-state index is 13.0. The second-order valence-electron chi connectivity index (χ2n) is 7.32. The first-order valence-corrected chi connectivity index (χ1v) is 10.4. The Morgan fingerprint density at radius 1 is 1.00 bits per heavy atom. The second kappa shape index (κ2) is 8.16. The molecule has 0 aliphatic carbocycles. The van der Waals surface area contributed by atoms with Crippen LogP contribution in [0.15, 0.2) is 53.9 Å². The molecule has 1 aliphatic heterocycles. The molecule has 7 heteroatoms. The molecule has 2 heterocycles. The number of thiazole rings is 1. The molecule has 152 valence electrons. The van der Waals surface area contributed by atoms with E-state index in [0.29, 0.717) is 18.8 Å². The number of nitrogens with zero attached hydrogens (tertiary/aromatic N) is 3. The molecule has 1 aliphatic rings. The first kappa shape index (κ1) is 19.9. The third kappa shape index (κ3) is 4.79. The van der Waals surface area contributed by atoms with E-state index in [4.69, 9.17) is 4.98 Å². The van der Waals surface area contributed by atoms with Gasteiger partial charge in [-0.05, 0) is 25.1 Å². The standard InChI is InChI=1S/C22H22F3N3S/c1-16-5-7-17(8-6-16)21-26-19(15-29-21)14-27-9-11-28(12-10-27)20-4-2-3-18(13-20)22(23,24)25/h2-8,13,15H,9-12,14H2,1H3. The summed E-state index contributed by atoms with van der Waals surface area (Å²) in [5.74, 6) is 0. The Morgan fingerprint density at radius 3 is 2.41 bits per heavy atom. The third-order valence-corrected chi connectivity index (χ3v) is 6.09. The van der Waals surface area contributed by atoms with E-state index in [1.54, 1.807) is 17.4 Å². The van der Waals surface area contributed by atoms with Crippen molar-refractivity contribution in [1.82, 2.24) is 9.88 Å². The van der Waals surface area contributed by atoms with Crippen molar-refractivity contribution >= 4 is 17.0 Å². The zero-order valence-electron chi connectivity index (χ0n) is 16.1. The number of halogens is 3. The van der Waals surface area contributed by atoms with Crippen LogP contribution >= 0.6 is 11.3 Å². The largest absolute Gasteiger partial charge is 0.416 e. The molecule has 3 nitrogen and oxygen atoms in total. The van der Waals surface area contributed by atoms with E-state index < -0.39 is 11.7 Å². The molecule has 0 N–H and O–H groups in total. The first-order valence-electron chi connectivity index (χ1n) is 9.54. The van der Waals surface area contributed by atoms with E-state index in [9.17, 15) is 13.2 Å². The number of piperazine rings is 1. The van der Waals surface area contributed by atoms with Crippen molar-refractivity contribution in [2.45, 2.75) is 19.6 Å². The van der Waals surface area contributed by atoms with Crippen LogP contribution in [0.2, 0.25) is 0 Å². The fourth-order valence-corrected chi connectivity index (χ4v) is 4.30. The van der Waals surface area contributed by atoms with Crippen molar-refractivity contribution in [1.29, 1.82) is 0 Å². The third-order valence-electron chi connectivity index (χ3n) is 5.15. The quantitative estimate of drug-likeness (QED) is 0.562. The lowest BCUT2D eigenvalue weighted by Crippen LogP contribution is -2.46. The highest BCUT2D eigenvalue weighted by Gasteiger charge is 2.31. The number of rotatable bonds is 4. The Balaban J connectivity index is 1.35. The molecular weight excluding hydrogens is 395 g/mol. The summed E-state index contributed by atoms with van der Waals surface area (Å²) in [4.78, 5) is 9.08. The van der Waals surface area contributed by atoms with E-state index in [1.807, 2.05) is 4.90 Å². The van der Waals surface area contributed by atoms with Gasteiger partial charge in [0.15, 0.2) is 0 Å². The van der Waals surface area contributed by atoms with Gasteiger partial charge in [-0.1, -0.05) is 35.9 Å². The summed E-state index contributed by atoms with van der Waals surface area (Å²) in [5, 5.41) is 3.11. The summed E-state index contributed by atoms with van der Waals surface area (Å²) in [6, 6.07) is 13.9. The maximum Gasteiger partial charge on any atom is 0.416 e. The van der Waals surface area contributed by atoms with Gasteiger partial charge in [-0.15, -0.1) is 11.3 Å². The van der Waals surface area contributed by atoms with Crippen molar-refractivity contribution in [2.75, 3.05) is 31.1 Å². The summed E-state index contributed by atoms with van der Waals surface area (Å²) in [7, 11) is 0. The van der Waals surface area contributed by atoms with Gasteiger partial charge in [0.25, 0.3) is 0 Å². The van der Waals surface area contributed by atoms with Crippen LogP contribution in [-0.4, -0.2) is 36.1 Å². The summed E-state index contributed by atoms with van der Waals surface area (Å²) in [6.45, 7) is 5.84. The minimum atomic E-state index is -4.31. The van der Waals surface area contributed by atoms with Gasteiger partial charge in [-0.25, -0.2) is 4.98 Å². The Morgan fingerprint density at radius 2 is 1.72 bits per heavy atom. The lowest BCUT2D eigenvalue weighted by atomic mass is 10.1. The SMILES string of the molecule is Cc1ccc(-c2nc(CN3CCN(c4cccc(C(F)(F)F)c4)CC3)cs2)cc1. The van der Waals surface area contributed by atoms with Crippen LogP contribution in [0.25, 0.3) is 10.6 Å². The van der Waals surface area contributed by atoms with Crippen molar-refractivity contribution in [3.8, 4) is 10.6 Å². The van der Waals surface area contributed by atoms with Crippen LogP contribution in [0.3, 0.4) is 0 Å². The van der Waals surface area contributed by atoms with E-state index in [-0.39, 0.29) is 0 Å². The van der Waals surface area contributed by atoms with Crippen molar-refractivity contribution in [3.63, 3.8) is 0 Å². The molecule has 4 rings (SSSR count). The topological polar surface area (TPSA) is 19.4 Å². The molecule has 0 radical (unpaired) electrons. The van der Waals surface area contributed by atoms with Gasteiger partial charge in [0.2, 0.25) is 0 Å². The van der Waals surface area contributed by atoms with E-state index >= 15 is 0 Å². The number of anilines is 1. The Kier molecular flexibility index (Phi) is 5.61. The molecule has 1 saturated heterocycles. The minimum absolute atomic E-state index is 0.594. The average Bonchev–Trinajstić information content (AvgIpc) is 3.17. The van der Waals surface area contributed by atoms with E-state index in [1.165, 1.54) is 17.7 Å². The molecule has 29 heavy (non-hydrogen) atoms. The van der Waals surface area contributed by atoms with Crippen LogP contribution in [-0.2, 0) is 12.7 Å². The van der Waals surface area contributed by atoms with Crippen LogP contribution in [0.5, 0.6) is 0 Å². The number of hydrogen-bond donors (Lipinski definition) is 0. The van der Waals surface area contributed by atoms with Gasteiger partial charge in [-0.3, -0.25) is 4.90 Å². The van der Waals surface area contributed by atoms with Gasteiger partial charge in [0.1, 0.15) is 5.01 Å². The number of hydrogen-bond acceptors (Lipinski definition) is 4. The molecule has 0 atom stereocenters. The summed E-state index contributed by atoms with van der Waals surface area (Å²) in [6.07, 6.45) is -4.31. The van der Waals surface area contributed by atoms with Crippen LogP contribution in [0.1, 0.15) is 16.8 Å². The van der Waals surface area contributed by atoms with E-state index in [2.05, 4.69) is 41.5 Å². The zero-order chi connectivity index (χ0) is 20.4. The molecule has 0 amide bonds. The molecule has 0 saturated carbocycles. The molecule has 1 fully saturated rings. The predicted octanol–water partition coefficient (Wildman–Crippen LogP) is 5.46. The van der Waals surface area contributed by atoms with Crippen LogP contribution in [0.4, 0.5) is 18.9 Å². The molecule has 0 bridgehead atoms. The normalized spacial score (nSPS) is 15.7. The summed E-state index contributed by atoms with van der Waals surface area (Å²) < 4.78 is 38.9. The van der Waals surface area contributed by atoms with Crippen LogP contribution in [0, 0.1) is 6.92 Å². The van der Waals surface area contributed by atoms with Crippen molar-refractivity contribution < 1.29 is 13.2 Å². The molecular formula is C22H22F3N3S. The lowest BCUT2D eigenvalue weighted by Gasteiger charge is -2.36. The Labute approximate surface area is 172 Å². The number of benzene rings is 2. The highest BCUT2D eigenvalue weighted by Crippen LogP contribution is 2.32. The Hall–Kier alpha value is -2.38. The molecule has 3 aromatic rings. The van der Waals surface area contributed by atoms with Gasteiger partial charge in [0, 0.05) is 49.4 Å². The Bertz CT molecular complexity index is 958. The molecule has 0 unspecified atom stereocenters. The summed E-state index contributed by atoms with van der Waals surface area (Å²) in [5.41, 5.74) is 3.43. The zero-order valence-corrected chi connectivity index (χ0v) is 16.9. The van der Waals surface area contributed by atoms with Gasteiger partial charge in [0.05, 0.1) is 11.3 Å². The van der Waals surface area contributed by atoms with Crippen LogP contribution < -0.4 is 4.90 Å². The maximum atomic E-state index is 13.0. The monoisotopic (exact) mass is 417 g/mol. The number of aromatic nitrogens is 1. The van der Waals surface area contributed by atoms with Crippen molar-refractivity contribution in [2.24, 2.45) is 0 Å². The lowest BCUT2D eigenvalue weighted by molar-refractivity contribution is -0.137. The van der Waals surface area contributed by atoms with Gasteiger partial charge >= 0.3 is 6.18 Å². The van der Waals surface area contributed by atoms with Gasteiger partial charge in [-0.2, -0.15) is 13.2 Å². The molecule has 1 aromatic heterocycles. The highest BCUT2D eigenvalue weighted by atomic mass is 32.1. The number of alkyl halides is 3. The number of aryl methyl sites for hydroxylation is 1. The average molecular weight is 418 g/mol. The highest BCUT2D eigenvalue weighted by molar-refractivity contribution is 7.13. The van der Waals surface area contributed by atoms with Gasteiger partial charge < -0.3 is 4.90 Å². The smallest absolute Gasteiger partial charge is 0.369 e. The van der Waals surface area contributed by atoms with Crippen molar-refractivity contribution in [3.05, 3.63) is 70.7 Å². The molecule has 2 aromatic carbocycles. The summed E-state index contributed by atoms with van der Waals surface area (Å²) >= 11 is 1.64. The fraction of sp³-hybridized carbons (Fsp3) is 0.318. The molecule has 0 spiro atoms. The first-order chi connectivity index (χ1) is 13.9. The fourth-order valence-electron chi connectivity index (χ4n) is 3.48.